The summed E-state index contributed by atoms with van der Waals surface area (Å²) in [4.78, 5) is 21.0. The van der Waals surface area contributed by atoms with Crippen LogP contribution < -0.4 is 9.64 Å². The lowest BCUT2D eigenvalue weighted by Crippen LogP contribution is -2.45. The fourth-order valence-electron chi connectivity index (χ4n) is 1.74. The van der Waals surface area contributed by atoms with Crippen molar-refractivity contribution in [1.82, 2.24) is 9.97 Å². The second-order valence-electron chi connectivity index (χ2n) is 5.21. The molecule has 1 aromatic heterocycles. The molecule has 0 bridgehead atoms. The quantitative estimate of drug-likeness (QED) is 0.877. The van der Waals surface area contributed by atoms with Crippen molar-refractivity contribution >= 4 is 11.8 Å². The molecule has 0 aliphatic rings. The minimum Gasteiger partial charge on any atom is -0.480 e. The van der Waals surface area contributed by atoms with Crippen molar-refractivity contribution in [3.05, 3.63) is 11.9 Å². The van der Waals surface area contributed by atoms with Crippen molar-refractivity contribution in [2.24, 2.45) is 0 Å². The number of nitrogens with zero attached hydrogens (tertiary/aromatic N) is 3. The van der Waals surface area contributed by atoms with Gasteiger partial charge in [-0.25, -0.2) is 9.97 Å². The van der Waals surface area contributed by atoms with Crippen LogP contribution in [0.15, 0.2) is 6.33 Å². The number of hydrogen-bond acceptors (Lipinski definition) is 5. The molecule has 106 valence electrons. The summed E-state index contributed by atoms with van der Waals surface area (Å²) in [6, 6.07) is 0. The van der Waals surface area contributed by atoms with Crippen LogP contribution in [-0.2, 0) is 4.79 Å². The molecule has 1 aromatic rings. The molecule has 0 aliphatic heterocycles. The average Bonchev–Trinajstić information content (AvgIpc) is 2.28. The van der Waals surface area contributed by atoms with E-state index in [1.807, 2.05) is 34.6 Å². The largest absolute Gasteiger partial charge is 0.480 e. The monoisotopic (exact) mass is 267 g/mol. The van der Waals surface area contributed by atoms with E-state index in [1.54, 1.807) is 4.90 Å². The predicted molar refractivity (Wildman–Crippen MR) is 72.7 cm³/mol. The van der Waals surface area contributed by atoms with Crippen LogP contribution in [0.5, 0.6) is 5.88 Å². The maximum absolute atomic E-state index is 11.0. The zero-order chi connectivity index (χ0) is 14.6. The molecular formula is C13H21N3O3. The number of carboxylic acid groups (broad SMARTS) is 1. The van der Waals surface area contributed by atoms with Gasteiger partial charge in [0.25, 0.3) is 0 Å². The fraction of sp³-hybridized carbons (Fsp3) is 0.615. The van der Waals surface area contributed by atoms with Gasteiger partial charge in [0.05, 0.1) is 12.2 Å². The van der Waals surface area contributed by atoms with Crippen molar-refractivity contribution < 1.29 is 14.6 Å². The van der Waals surface area contributed by atoms with Crippen LogP contribution in [0.2, 0.25) is 0 Å². The fourth-order valence-corrected chi connectivity index (χ4v) is 1.74. The van der Waals surface area contributed by atoms with E-state index in [0.717, 1.165) is 5.56 Å². The van der Waals surface area contributed by atoms with Crippen LogP contribution in [0.4, 0.5) is 5.82 Å². The van der Waals surface area contributed by atoms with Crippen LogP contribution in [0.1, 0.15) is 33.3 Å². The zero-order valence-corrected chi connectivity index (χ0v) is 12.1. The molecule has 0 saturated heterocycles. The number of carboxylic acids is 1. The normalized spacial score (nSPS) is 11.2. The molecule has 6 nitrogen and oxygen atoms in total. The van der Waals surface area contributed by atoms with Crippen molar-refractivity contribution in [2.75, 3.05) is 18.1 Å². The van der Waals surface area contributed by atoms with E-state index >= 15 is 0 Å². The first-order valence-electron chi connectivity index (χ1n) is 6.21. The Morgan fingerprint density at radius 2 is 2.05 bits per heavy atom. The second kappa shape index (κ2) is 5.86. The summed E-state index contributed by atoms with van der Waals surface area (Å²) in [5.74, 6) is 0.186. The first-order valence-corrected chi connectivity index (χ1v) is 6.21. The third-order valence-corrected chi connectivity index (χ3v) is 2.65. The Morgan fingerprint density at radius 3 is 2.53 bits per heavy atom. The van der Waals surface area contributed by atoms with Crippen molar-refractivity contribution in [1.29, 1.82) is 0 Å². The molecule has 0 atom stereocenters. The number of aliphatic carboxylic acids is 1. The predicted octanol–water partition coefficient (Wildman–Crippen LogP) is 1.87. The first-order chi connectivity index (χ1) is 8.77. The summed E-state index contributed by atoms with van der Waals surface area (Å²) in [6.07, 6.45) is 1.40. The van der Waals surface area contributed by atoms with E-state index < -0.39 is 5.97 Å². The van der Waals surface area contributed by atoms with Gasteiger partial charge in [-0.1, -0.05) is 0 Å². The van der Waals surface area contributed by atoms with Gasteiger partial charge in [0.15, 0.2) is 0 Å². The molecular weight excluding hydrogens is 246 g/mol. The molecule has 1 rings (SSSR count). The van der Waals surface area contributed by atoms with Gasteiger partial charge in [-0.2, -0.15) is 0 Å². The molecule has 0 radical (unpaired) electrons. The highest BCUT2D eigenvalue weighted by atomic mass is 16.5. The number of rotatable bonds is 5. The van der Waals surface area contributed by atoms with Crippen LogP contribution >= 0.6 is 0 Å². The zero-order valence-electron chi connectivity index (χ0n) is 12.1. The van der Waals surface area contributed by atoms with E-state index in [2.05, 4.69) is 9.97 Å². The average molecular weight is 267 g/mol. The molecule has 6 heteroatoms. The maximum atomic E-state index is 11.0. The summed E-state index contributed by atoms with van der Waals surface area (Å²) in [5, 5.41) is 9.06. The number of hydrogen-bond donors (Lipinski definition) is 1. The Labute approximate surface area is 113 Å². The summed E-state index contributed by atoms with van der Waals surface area (Å²) in [5.41, 5.74) is 0.390. The van der Waals surface area contributed by atoms with Gasteiger partial charge >= 0.3 is 5.97 Å². The molecule has 0 unspecified atom stereocenters. The minimum absolute atomic E-state index is 0.118. The molecule has 0 saturated carbocycles. The molecule has 0 spiro atoms. The van der Waals surface area contributed by atoms with E-state index in [9.17, 15) is 4.79 Å². The van der Waals surface area contributed by atoms with Crippen LogP contribution in [0.25, 0.3) is 0 Å². The molecule has 0 aromatic carbocycles. The summed E-state index contributed by atoms with van der Waals surface area (Å²) in [6.45, 7) is 9.92. The van der Waals surface area contributed by atoms with Gasteiger partial charge < -0.3 is 14.7 Å². The van der Waals surface area contributed by atoms with E-state index in [1.165, 1.54) is 6.33 Å². The van der Waals surface area contributed by atoms with Gasteiger partial charge in [0, 0.05) is 5.54 Å². The molecule has 19 heavy (non-hydrogen) atoms. The van der Waals surface area contributed by atoms with E-state index in [-0.39, 0.29) is 12.1 Å². The van der Waals surface area contributed by atoms with Gasteiger partial charge in [-0.05, 0) is 34.6 Å². The topological polar surface area (TPSA) is 75.6 Å². The maximum Gasteiger partial charge on any atom is 0.323 e. The molecule has 1 N–H and O–H groups in total. The van der Waals surface area contributed by atoms with Crippen LogP contribution in [0, 0.1) is 6.92 Å². The van der Waals surface area contributed by atoms with Gasteiger partial charge in [-0.15, -0.1) is 0 Å². The number of ether oxygens (including phenoxy) is 1. The first kappa shape index (κ1) is 15.2. The smallest absolute Gasteiger partial charge is 0.323 e. The standard InChI is InChI=1S/C13H21N3O3/c1-6-19-12-9(2)11(14-8-15-12)16(7-10(17)18)13(3,4)5/h8H,6-7H2,1-5H3,(H,17,18). The van der Waals surface area contributed by atoms with Crippen LogP contribution in [-0.4, -0.2) is 39.7 Å². The van der Waals surface area contributed by atoms with Crippen molar-refractivity contribution in [2.45, 2.75) is 40.2 Å². The number of anilines is 1. The van der Waals surface area contributed by atoms with E-state index in [4.69, 9.17) is 9.84 Å². The Balaban J connectivity index is 3.22. The minimum atomic E-state index is -0.897. The Bertz CT molecular complexity index is 455. The summed E-state index contributed by atoms with van der Waals surface area (Å²) in [7, 11) is 0. The van der Waals surface area contributed by atoms with Crippen molar-refractivity contribution in [3.8, 4) is 5.88 Å². The Kier molecular flexibility index (Phi) is 4.69. The SMILES string of the molecule is CCOc1ncnc(N(CC(=O)O)C(C)(C)C)c1C. The second-order valence-corrected chi connectivity index (χ2v) is 5.21. The Hall–Kier alpha value is -1.85. The lowest BCUT2D eigenvalue weighted by Gasteiger charge is -2.36. The van der Waals surface area contributed by atoms with E-state index in [0.29, 0.717) is 18.3 Å². The third-order valence-electron chi connectivity index (χ3n) is 2.65. The van der Waals surface area contributed by atoms with Crippen molar-refractivity contribution in [3.63, 3.8) is 0 Å². The molecule has 0 amide bonds. The number of aromatic nitrogens is 2. The van der Waals surface area contributed by atoms with Gasteiger partial charge in [-0.3, -0.25) is 4.79 Å². The third kappa shape index (κ3) is 3.81. The summed E-state index contributed by atoms with van der Waals surface area (Å²) >= 11 is 0. The van der Waals surface area contributed by atoms with Gasteiger partial charge in [0.1, 0.15) is 18.7 Å². The lowest BCUT2D eigenvalue weighted by atomic mass is 10.1. The Morgan fingerprint density at radius 1 is 1.42 bits per heavy atom. The highest BCUT2D eigenvalue weighted by Gasteiger charge is 2.27. The highest BCUT2D eigenvalue weighted by molar-refractivity contribution is 5.74. The molecule has 0 fully saturated rings. The lowest BCUT2D eigenvalue weighted by molar-refractivity contribution is -0.135. The molecule has 0 aliphatic carbocycles. The molecule has 1 heterocycles. The highest BCUT2D eigenvalue weighted by Crippen LogP contribution is 2.28. The summed E-state index contributed by atoms with van der Waals surface area (Å²) < 4.78 is 5.42. The number of carbonyl (C=O) groups is 1. The van der Waals surface area contributed by atoms with Crippen LogP contribution in [0.3, 0.4) is 0 Å². The van der Waals surface area contributed by atoms with Gasteiger partial charge in [0.2, 0.25) is 5.88 Å².